The molecule has 0 saturated carbocycles. The van der Waals surface area contributed by atoms with E-state index in [1.54, 1.807) is 45.0 Å². The van der Waals surface area contributed by atoms with E-state index in [9.17, 15) is 22.8 Å². The molecule has 10 nitrogen and oxygen atoms in total. The van der Waals surface area contributed by atoms with Gasteiger partial charge in [-0.05, 0) is 76.6 Å². The highest BCUT2D eigenvalue weighted by Gasteiger charge is 2.33. The van der Waals surface area contributed by atoms with Crippen LogP contribution in [0.25, 0.3) is 11.3 Å². The van der Waals surface area contributed by atoms with Crippen molar-refractivity contribution in [3.8, 4) is 17.0 Å². The van der Waals surface area contributed by atoms with E-state index in [1.807, 2.05) is 19.2 Å². The Balaban J connectivity index is 1.43. The summed E-state index contributed by atoms with van der Waals surface area (Å²) in [6.07, 6.45) is -2.93. The van der Waals surface area contributed by atoms with Gasteiger partial charge in [0.05, 0.1) is 11.4 Å². The molecule has 13 heteroatoms. The number of carbonyl (C=O) groups excluding carboxylic acids is 2. The van der Waals surface area contributed by atoms with Crippen LogP contribution in [0.15, 0.2) is 48.7 Å². The molecule has 2 aromatic carbocycles. The average Bonchev–Trinajstić information content (AvgIpc) is 3.11. The van der Waals surface area contributed by atoms with Crippen LogP contribution < -0.4 is 15.0 Å². The SMILES string of the molecule is CN1CCN(c2ccc(OC(F)(F)F)c(Nc3nccc(-c4ccc5c(c4)C(=O)N(C(=O)OC(C)(C)C)CCC5)n3)c2)CC1. The number of nitrogens with zero attached hydrogens (tertiary/aromatic N) is 5. The first-order valence-electron chi connectivity index (χ1n) is 14.4. The minimum atomic E-state index is -4.89. The predicted molar refractivity (Wildman–Crippen MR) is 159 cm³/mol. The molecule has 3 heterocycles. The number of rotatable bonds is 5. The van der Waals surface area contributed by atoms with E-state index in [2.05, 4.69) is 29.8 Å². The molecule has 44 heavy (non-hydrogen) atoms. The van der Waals surface area contributed by atoms with Gasteiger partial charge in [0, 0.05) is 55.7 Å². The number of aromatic nitrogens is 2. The number of alkyl halides is 3. The van der Waals surface area contributed by atoms with Gasteiger partial charge in [-0.25, -0.2) is 19.7 Å². The highest BCUT2D eigenvalue weighted by atomic mass is 19.4. The molecule has 1 fully saturated rings. The Labute approximate surface area is 253 Å². The zero-order valence-electron chi connectivity index (χ0n) is 25.1. The minimum Gasteiger partial charge on any atom is -0.443 e. The first-order valence-corrected chi connectivity index (χ1v) is 14.4. The number of amides is 2. The number of fused-ring (bicyclic) bond motifs is 1. The summed E-state index contributed by atoms with van der Waals surface area (Å²) in [4.78, 5) is 40.4. The van der Waals surface area contributed by atoms with Crippen molar-refractivity contribution in [1.29, 1.82) is 0 Å². The molecule has 2 aliphatic rings. The van der Waals surface area contributed by atoms with Gasteiger partial charge in [0.1, 0.15) is 5.60 Å². The van der Waals surface area contributed by atoms with Crippen molar-refractivity contribution in [2.24, 2.45) is 0 Å². The van der Waals surface area contributed by atoms with Crippen molar-refractivity contribution in [3.05, 3.63) is 59.8 Å². The van der Waals surface area contributed by atoms with Gasteiger partial charge in [-0.2, -0.15) is 0 Å². The fourth-order valence-corrected chi connectivity index (χ4v) is 5.11. The molecule has 1 N–H and O–H groups in total. The molecule has 0 aliphatic carbocycles. The summed E-state index contributed by atoms with van der Waals surface area (Å²) in [5.41, 5.74) is 2.21. The standard InChI is InChI=1S/C31H35F3N6O4/c1-30(2,3)44-29(42)40-13-5-6-20-7-8-21(18-23(20)27(40)41)24-11-12-35-28(36-24)37-25-19-22(39-16-14-38(4)15-17-39)9-10-26(25)43-31(32,33)34/h7-12,18-19H,5-6,13-17H2,1-4H3,(H,35,36,37). The summed E-state index contributed by atoms with van der Waals surface area (Å²) < 4.78 is 49.5. The van der Waals surface area contributed by atoms with Crippen LogP contribution in [-0.2, 0) is 11.2 Å². The molecule has 0 radical (unpaired) electrons. The minimum absolute atomic E-state index is 0.0432. The van der Waals surface area contributed by atoms with Gasteiger partial charge in [-0.1, -0.05) is 12.1 Å². The van der Waals surface area contributed by atoms with Crippen LogP contribution in [0.4, 0.5) is 35.3 Å². The number of anilines is 3. The number of piperazine rings is 1. The Bertz CT molecular complexity index is 1530. The van der Waals surface area contributed by atoms with Gasteiger partial charge in [0.2, 0.25) is 5.95 Å². The number of nitrogens with one attached hydrogen (secondary N) is 1. The third-order valence-electron chi connectivity index (χ3n) is 7.28. The first kappa shape index (κ1) is 31.0. The molecule has 1 aromatic heterocycles. The Morgan fingerprint density at radius 3 is 2.43 bits per heavy atom. The van der Waals surface area contributed by atoms with Crippen LogP contribution in [0, 0.1) is 0 Å². The number of hydrogen-bond acceptors (Lipinski definition) is 9. The Hall–Kier alpha value is -4.39. The number of likely N-dealkylation sites (N-methyl/N-ethyl adjacent to an activating group) is 1. The molecule has 0 atom stereocenters. The quantitative estimate of drug-likeness (QED) is 0.380. The lowest BCUT2D eigenvalue weighted by Crippen LogP contribution is -2.44. The smallest absolute Gasteiger partial charge is 0.443 e. The monoisotopic (exact) mass is 612 g/mol. The molecule has 234 valence electrons. The number of benzene rings is 2. The molecule has 0 unspecified atom stereocenters. The summed E-state index contributed by atoms with van der Waals surface area (Å²) >= 11 is 0. The van der Waals surface area contributed by atoms with Crippen molar-refractivity contribution in [2.45, 2.75) is 45.6 Å². The summed E-state index contributed by atoms with van der Waals surface area (Å²) in [5, 5.41) is 2.90. The Kier molecular flexibility index (Phi) is 8.69. The largest absolute Gasteiger partial charge is 0.573 e. The van der Waals surface area contributed by atoms with Crippen LogP contribution in [0.5, 0.6) is 5.75 Å². The van der Waals surface area contributed by atoms with Gasteiger partial charge >= 0.3 is 12.5 Å². The van der Waals surface area contributed by atoms with Crippen LogP contribution in [0.2, 0.25) is 0 Å². The average molecular weight is 613 g/mol. The maximum Gasteiger partial charge on any atom is 0.573 e. The van der Waals surface area contributed by atoms with Gasteiger partial charge in [-0.3, -0.25) is 4.79 Å². The molecule has 2 amide bonds. The maximum absolute atomic E-state index is 13.5. The van der Waals surface area contributed by atoms with Gasteiger partial charge in [0.25, 0.3) is 5.91 Å². The Morgan fingerprint density at radius 1 is 0.977 bits per heavy atom. The summed E-state index contributed by atoms with van der Waals surface area (Å²) in [6.45, 7) is 8.55. The lowest BCUT2D eigenvalue weighted by Gasteiger charge is -2.34. The molecule has 5 rings (SSSR count). The van der Waals surface area contributed by atoms with Crippen molar-refractivity contribution in [3.63, 3.8) is 0 Å². The van der Waals surface area contributed by atoms with E-state index >= 15 is 0 Å². The second-order valence-corrected chi connectivity index (χ2v) is 11.8. The van der Waals surface area contributed by atoms with E-state index in [-0.39, 0.29) is 18.2 Å². The number of imide groups is 1. The van der Waals surface area contributed by atoms with E-state index in [4.69, 9.17) is 4.74 Å². The summed E-state index contributed by atoms with van der Waals surface area (Å²) in [6, 6.07) is 11.4. The third-order valence-corrected chi connectivity index (χ3v) is 7.28. The fourth-order valence-electron chi connectivity index (χ4n) is 5.11. The number of ether oxygens (including phenoxy) is 2. The Morgan fingerprint density at radius 2 is 1.73 bits per heavy atom. The predicted octanol–water partition coefficient (Wildman–Crippen LogP) is 5.86. The van der Waals surface area contributed by atoms with Crippen LogP contribution in [0.1, 0.15) is 43.1 Å². The van der Waals surface area contributed by atoms with Gasteiger partial charge in [0.15, 0.2) is 5.75 Å². The normalized spacial score (nSPS) is 16.3. The van der Waals surface area contributed by atoms with Crippen molar-refractivity contribution < 1.29 is 32.2 Å². The zero-order chi connectivity index (χ0) is 31.6. The second kappa shape index (κ2) is 12.3. The highest BCUT2D eigenvalue weighted by molar-refractivity contribution is 6.05. The number of hydrogen-bond donors (Lipinski definition) is 1. The summed E-state index contributed by atoms with van der Waals surface area (Å²) in [5.74, 6) is -0.834. The van der Waals surface area contributed by atoms with Crippen molar-refractivity contribution in [1.82, 2.24) is 19.8 Å². The lowest BCUT2D eigenvalue weighted by molar-refractivity contribution is -0.274. The van der Waals surface area contributed by atoms with E-state index < -0.39 is 29.7 Å². The molecule has 3 aromatic rings. The van der Waals surface area contributed by atoms with E-state index in [0.29, 0.717) is 29.7 Å². The molecule has 2 aliphatic heterocycles. The molecule has 0 spiro atoms. The van der Waals surface area contributed by atoms with E-state index in [1.165, 1.54) is 12.3 Å². The first-order chi connectivity index (χ1) is 20.8. The third kappa shape index (κ3) is 7.57. The zero-order valence-corrected chi connectivity index (χ0v) is 25.1. The molecule has 0 bridgehead atoms. The van der Waals surface area contributed by atoms with Crippen LogP contribution in [-0.4, -0.2) is 83.5 Å². The topological polar surface area (TPSA) is 100 Å². The second-order valence-electron chi connectivity index (χ2n) is 11.8. The van der Waals surface area contributed by atoms with Gasteiger partial charge < -0.3 is 24.6 Å². The number of carbonyl (C=O) groups is 2. The van der Waals surface area contributed by atoms with Crippen molar-refractivity contribution >= 4 is 29.3 Å². The number of aryl methyl sites for hydroxylation is 1. The maximum atomic E-state index is 13.5. The van der Waals surface area contributed by atoms with Crippen LogP contribution >= 0.6 is 0 Å². The molecular formula is C31H35F3N6O4. The fraction of sp³-hybridized carbons (Fsp3) is 0.419. The van der Waals surface area contributed by atoms with Gasteiger partial charge in [-0.15, -0.1) is 13.2 Å². The van der Waals surface area contributed by atoms with E-state index in [0.717, 1.165) is 42.3 Å². The van der Waals surface area contributed by atoms with Crippen molar-refractivity contribution in [2.75, 3.05) is 50.0 Å². The molecule has 1 saturated heterocycles. The summed E-state index contributed by atoms with van der Waals surface area (Å²) in [7, 11) is 2.02. The lowest BCUT2D eigenvalue weighted by atomic mass is 9.99. The highest BCUT2D eigenvalue weighted by Crippen LogP contribution is 2.36. The van der Waals surface area contributed by atoms with Crippen LogP contribution in [0.3, 0.4) is 0 Å². The molecular weight excluding hydrogens is 577 g/mol. The number of halogens is 3.